The molecular formula is C20H22FN3O. The first kappa shape index (κ1) is 16.2. The molecule has 1 atom stereocenters. The molecule has 0 unspecified atom stereocenters. The Labute approximate surface area is 146 Å². The Morgan fingerprint density at radius 3 is 3.08 bits per heavy atom. The van der Waals surface area contributed by atoms with Gasteiger partial charge in [-0.3, -0.25) is 4.90 Å². The van der Waals surface area contributed by atoms with Crippen LogP contribution in [0.3, 0.4) is 0 Å². The summed E-state index contributed by atoms with van der Waals surface area (Å²) in [5.74, 6) is -0.210. The maximum absolute atomic E-state index is 13.3. The Morgan fingerprint density at radius 2 is 2.16 bits per heavy atom. The molecule has 0 N–H and O–H groups in total. The highest BCUT2D eigenvalue weighted by molar-refractivity contribution is 5.51. The number of hydrogen-bond acceptors (Lipinski definition) is 3. The Morgan fingerprint density at radius 1 is 1.20 bits per heavy atom. The van der Waals surface area contributed by atoms with E-state index in [1.807, 2.05) is 30.7 Å². The molecule has 3 aromatic rings. The maximum Gasteiger partial charge on any atom is 0.123 e. The lowest BCUT2D eigenvalue weighted by Gasteiger charge is -2.32. The van der Waals surface area contributed by atoms with Crippen LogP contribution in [0.4, 0.5) is 4.39 Å². The van der Waals surface area contributed by atoms with Crippen LogP contribution in [0.1, 0.15) is 24.1 Å². The summed E-state index contributed by atoms with van der Waals surface area (Å²) in [5.41, 5.74) is 3.15. The molecule has 1 saturated heterocycles. The summed E-state index contributed by atoms with van der Waals surface area (Å²) >= 11 is 0. The third-order valence-electron chi connectivity index (χ3n) is 4.73. The van der Waals surface area contributed by atoms with Crippen LogP contribution in [-0.2, 0) is 17.9 Å². The van der Waals surface area contributed by atoms with Crippen LogP contribution in [0.2, 0.25) is 0 Å². The van der Waals surface area contributed by atoms with Crippen molar-refractivity contribution >= 4 is 5.52 Å². The Kier molecular flexibility index (Phi) is 4.76. The zero-order chi connectivity index (χ0) is 17.1. The van der Waals surface area contributed by atoms with Crippen molar-refractivity contribution < 1.29 is 9.13 Å². The lowest BCUT2D eigenvalue weighted by Crippen LogP contribution is -2.39. The van der Waals surface area contributed by atoms with E-state index in [1.54, 1.807) is 6.07 Å². The molecule has 1 fully saturated rings. The molecule has 0 spiro atoms. The molecule has 5 heteroatoms. The summed E-state index contributed by atoms with van der Waals surface area (Å²) in [6.07, 6.45) is 6.24. The van der Waals surface area contributed by atoms with Crippen molar-refractivity contribution in [2.24, 2.45) is 0 Å². The fraction of sp³-hybridized carbons (Fsp3) is 0.350. The van der Waals surface area contributed by atoms with Gasteiger partial charge < -0.3 is 9.14 Å². The molecule has 0 aliphatic carbocycles. The molecule has 1 aliphatic rings. The molecule has 4 nitrogen and oxygen atoms in total. The summed E-state index contributed by atoms with van der Waals surface area (Å²) in [6, 6.07) is 12.8. The molecule has 0 radical (unpaired) electrons. The standard InChI is InChI=1S/C20H22FN3O/c21-17-6-3-5-16(11-17)14-25-18-7-4-9-23(12-18)13-19-20-8-1-2-10-24(20)15-22-19/h1-3,5-6,8,10-11,15,18H,4,7,9,12-14H2/t18-/m0/s1. The predicted octanol–water partition coefficient (Wildman–Crippen LogP) is 3.65. The van der Waals surface area contributed by atoms with E-state index in [1.165, 1.54) is 12.1 Å². The fourth-order valence-corrected chi connectivity index (χ4v) is 3.47. The highest BCUT2D eigenvalue weighted by Crippen LogP contribution is 2.19. The number of ether oxygens (including phenoxy) is 1. The van der Waals surface area contributed by atoms with Crippen LogP contribution < -0.4 is 0 Å². The van der Waals surface area contributed by atoms with E-state index in [0.29, 0.717) is 6.61 Å². The van der Waals surface area contributed by atoms with E-state index in [2.05, 4.69) is 20.4 Å². The van der Waals surface area contributed by atoms with Crippen LogP contribution >= 0.6 is 0 Å². The number of imidazole rings is 1. The van der Waals surface area contributed by atoms with Gasteiger partial charge >= 0.3 is 0 Å². The average Bonchev–Trinajstić information content (AvgIpc) is 3.04. The summed E-state index contributed by atoms with van der Waals surface area (Å²) in [5, 5.41) is 0. The van der Waals surface area contributed by atoms with Crippen LogP contribution in [0.5, 0.6) is 0 Å². The lowest BCUT2D eigenvalue weighted by molar-refractivity contribution is -0.0122. The van der Waals surface area contributed by atoms with Gasteiger partial charge in [0.25, 0.3) is 0 Å². The number of rotatable bonds is 5. The highest BCUT2D eigenvalue weighted by atomic mass is 19.1. The van der Waals surface area contributed by atoms with E-state index >= 15 is 0 Å². The zero-order valence-corrected chi connectivity index (χ0v) is 14.1. The lowest BCUT2D eigenvalue weighted by atomic mass is 10.1. The third kappa shape index (κ3) is 3.89. The van der Waals surface area contributed by atoms with Gasteiger partial charge in [0.2, 0.25) is 0 Å². The second-order valence-corrected chi connectivity index (χ2v) is 6.62. The quantitative estimate of drug-likeness (QED) is 0.711. The van der Waals surface area contributed by atoms with E-state index in [9.17, 15) is 4.39 Å². The van der Waals surface area contributed by atoms with Gasteiger partial charge in [0.1, 0.15) is 5.82 Å². The summed E-state index contributed by atoms with van der Waals surface area (Å²) in [4.78, 5) is 6.95. The van der Waals surface area contributed by atoms with Crippen molar-refractivity contribution in [3.8, 4) is 0 Å². The Bertz CT molecular complexity index is 848. The second kappa shape index (κ2) is 7.33. The van der Waals surface area contributed by atoms with E-state index in [4.69, 9.17) is 4.74 Å². The van der Waals surface area contributed by atoms with Crippen molar-refractivity contribution in [3.05, 3.63) is 72.1 Å². The molecule has 130 valence electrons. The van der Waals surface area contributed by atoms with Crippen LogP contribution in [0, 0.1) is 5.82 Å². The minimum absolute atomic E-state index is 0.186. The molecule has 3 heterocycles. The first-order valence-electron chi connectivity index (χ1n) is 8.77. The van der Waals surface area contributed by atoms with Crippen molar-refractivity contribution in [2.75, 3.05) is 13.1 Å². The maximum atomic E-state index is 13.3. The number of pyridine rings is 1. The number of likely N-dealkylation sites (tertiary alicyclic amines) is 1. The van der Waals surface area contributed by atoms with Crippen molar-refractivity contribution in [1.29, 1.82) is 0 Å². The molecule has 25 heavy (non-hydrogen) atoms. The fourth-order valence-electron chi connectivity index (χ4n) is 3.47. The molecule has 0 bridgehead atoms. The number of hydrogen-bond donors (Lipinski definition) is 0. The van der Waals surface area contributed by atoms with Gasteiger partial charge in [0.05, 0.1) is 30.2 Å². The smallest absolute Gasteiger partial charge is 0.123 e. The Hall–Kier alpha value is -2.24. The summed E-state index contributed by atoms with van der Waals surface area (Å²) < 4.78 is 21.3. The van der Waals surface area contributed by atoms with Gasteiger partial charge in [-0.1, -0.05) is 18.2 Å². The minimum Gasteiger partial charge on any atom is -0.372 e. The molecule has 4 rings (SSSR count). The van der Waals surface area contributed by atoms with Gasteiger partial charge in [-0.15, -0.1) is 0 Å². The largest absolute Gasteiger partial charge is 0.372 e. The average molecular weight is 339 g/mol. The SMILES string of the molecule is Fc1cccc(CO[C@H]2CCCN(Cc3ncn4ccccc34)C2)c1. The first-order valence-corrected chi connectivity index (χ1v) is 8.77. The molecule has 0 saturated carbocycles. The Balaban J connectivity index is 1.36. The van der Waals surface area contributed by atoms with Gasteiger partial charge in [-0.05, 0) is 49.2 Å². The van der Waals surface area contributed by atoms with Gasteiger partial charge in [0.15, 0.2) is 0 Å². The summed E-state index contributed by atoms with van der Waals surface area (Å²) in [6.45, 7) is 3.25. The molecule has 1 aliphatic heterocycles. The number of halogens is 1. The monoisotopic (exact) mass is 339 g/mol. The molecule has 0 amide bonds. The van der Waals surface area contributed by atoms with Crippen LogP contribution in [0.25, 0.3) is 5.52 Å². The second-order valence-electron chi connectivity index (χ2n) is 6.62. The van der Waals surface area contributed by atoms with Gasteiger partial charge in [0, 0.05) is 19.3 Å². The summed E-state index contributed by atoms with van der Waals surface area (Å²) in [7, 11) is 0. The number of piperidine rings is 1. The van der Waals surface area contributed by atoms with Crippen molar-refractivity contribution in [1.82, 2.24) is 14.3 Å². The normalized spacial score (nSPS) is 18.7. The number of nitrogens with zero attached hydrogens (tertiary/aromatic N) is 3. The number of aromatic nitrogens is 2. The van der Waals surface area contributed by atoms with Crippen LogP contribution in [-0.4, -0.2) is 33.5 Å². The van der Waals surface area contributed by atoms with Crippen molar-refractivity contribution in [3.63, 3.8) is 0 Å². The van der Waals surface area contributed by atoms with Crippen molar-refractivity contribution in [2.45, 2.75) is 32.1 Å². The van der Waals surface area contributed by atoms with E-state index in [-0.39, 0.29) is 11.9 Å². The molecule has 2 aromatic heterocycles. The molecular weight excluding hydrogens is 317 g/mol. The minimum atomic E-state index is -0.210. The van der Waals surface area contributed by atoms with Crippen LogP contribution in [0.15, 0.2) is 55.0 Å². The number of fused-ring (bicyclic) bond motifs is 1. The first-order chi connectivity index (χ1) is 12.3. The topological polar surface area (TPSA) is 29.8 Å². The highest BCUT2D eigenvalue weighted by Gasteiger charge is 2.21. The van der Waals surface area contributed by atoms with E-state index in [0.717, 1.165) is 49.2 Å². The zero-order valence-electron chi connectivity index (χ0n) is 14.1. The number of benzene rings is 1. The van der Waals surface area contributed by atoms with Gasteiger partial charge in [-0.2, -0.15) is 0 Å². The predicted molar refractivity (Wildman–Crippen MR) is 94.7 cm³/mol. The van der Waals surface area contributed by atoms with Gasteiger partial charge in [-0.25, -0.2) is 9.37 Å². The third-order valence-corrected chi connectivity index (χ3v) is 4.73. The van der Waals surface area contributed by atoms with E-state index < -0.39 is 0 Å². The molecule has 1 aromatic carbocycles.